The number of ether oxygens (including phenoxy) is 1. The van der Waals surface area contributed by atoms with E-state index in [-0.39, 0.29) is 0 Å². The molecule has 17 heavy (non-hydrogen) atoms. The van der Waals surface area contributed by atoms with Gasteiger partial charge in [-0.05, 0) is 19.1 Å². The second-order valence-corrected chi connectivity index (χ2v) is 3.31. The molecule has 0 saturated carbocycles. The summed E-state index contributed by atoms with van der Waals surface area (Å²) in [6.07, 6.45) is 6.31. The third kappa shape index (κ3) is 2.23. The van der Waals surface area contributed by atoms with Crippen LogP contribution in [0.5, 0.6) is 5.88 Å². The molecule has 0 saturated heterocycles. The fourth-order valence-corrected chi connectivity index (χ4v) is 1.37. The molecular formula is C12H12N4O. The van der Waals surface area contributed by atoms with Gasteiger partial charge in [0.25, 0.3) is 0 Å². The quantitative estimate of drug-likeness (QED) is 0.644. The van der Waals surface area contributed by atoms with Crippen molar-refractivity contribution in [3.63, 3.8) is 0 Å². The van der Waals surface area contributed by atoms with Gasteiger partial charge in [0.15, 0.2) is 5.65 Å². The number of aromatic nitrogens is 4. The molecule has 86 valence electrons. The van der Waals surface area contributed by atoms with Gasteiger partial charge in [0.05, 0.1) is 0 Å². The smallest absolute Gasteiger partial charge is 0.248 e. The standard InChI is InChI=1S/C12H12N4O/c1-4-6-9(5-2)17-12-10-11(13-7-14-12)16-8(3)15-10/h4-7H,1-2H2,3H3,(H,13,14,15,16)/b9-6+. The molecule has 0 fully saturated rings. The topological polar surface area (TPSA) is 63.7 Å². The molecule has 0 aliphatic heterocycles. The molecule has 0 atom stereocenters. The van der Waals surface area contributed by atoms with Gasteiger partial charge in [-0.15, -0.1) is 0 Å². The Morgan fingerprint density at radius 1 is 1.41 bits per heavy atom. The van der Waals surface area contributed by atoms with Crippen molar-refractivity contribution < 1.29 is 4.74 Å². The molecule has 2 heterocycles. The average Bonchev–Trinajstić information content (AvgIpc) is 2.70. The third-order valence-electron chi connectivity index (χ3n) is 2.07. The number of aromatic amines is 1. The molecule has 0 aromatic carbocycles. The number of hydrogen-bond acceptors (Lipinski definition) is 4. The Labute approximate surface area is 98.6 Å². The number of allylic oxidation sites excluding steroid dienone is 3. The summed E-state index contributed by atoms with van der Waals surface area (Å²) in [7, 11) is 0. The fraction of sp³-hybridized carbons (Fsp3) is 0.0833. The minimum atomic E-state index is 0.420. The molecule has 0 unspecified atom stereocenters. The Balaban J connectivity index is 2.44. The Bertz CT molecular complexity index is 598. The van der Waals surface area contributed by atoms with Crippen LogP contribution in [0.3, 0.4) is 0 Å². The highest BCUT2D eigenvalue weighted by Crippen LogP contribution is 2.20. The van der Waals surface area contributed by atoms with Gasteiger partial charge >= 0.3 is 0 Å². The molecule has 2 aromatic rings. The summed E-state index contributed by atoms with van der Waals surface area (Å²) in [5.41, 5.74) is 1.25. The Morgan fingerprint density at radius 3 is 2.94 bits per heavy atom. The molecule has 5 nitrogen and oxygen atoms in total. The first-order chi connectivity index (χ1) is 8.24. The molecule has 0 amide bonds. The van der Waals surface area contributed by atoms with E-state index < -0.39 is 0 Å². The van der Waals surface area contributed by atoms with Crippen molar-refractivity contribution in [2.45, 2.75) is 6.92 Å². The maximum Gasteiger partial charge on any atom is 0.248 e. The summed E-state index contributed by atoms with van der Waals surface area (Å²) in [6, 6.07) is 0. The van der Waals surface area contributed by atoms with Gasteiger partial charge in [0.2, 0.25) is 5.88 Å². The van der Waals surface area contributed by atoms with Gasteiger partial charge in [0.1, 0.15) is 23.4 Å². The van der Waals surface area contributed by atoms with E-state index in [0.717, 1.165) is 5.82 Å². The SMILES string of the molecule is C=C/C=C(\C=C)Oc1ncnc2nc(C)[nH]c12. The maximum absolute atomic E-state index is 5.58. The first-order valence-corrected chi connectivity index (χ1v) is 5.05. The van der Waals surface area contributed by atoms with Crippen LogP contribution in [0.2, 0.25) is 0 Å². The lowest BCUT2D eigenvalue weighted by molar-refractivity contribution is 0.431. The Kier molecular flexibility index (Phi) is 3.00. The summed E-state index contributed by atoms with van der Waals surface area (Å²) in [5, 5.41) is 0. The zero-order valence-corrected chi connectivity index (χ0v) is 9.47. The van der Waals surface area contributed by atoms with E-state index in [1.54, 1.807) is 18.2 Å². The van der Waals surface area contributed by atoms with E-state index in [2.05, 4.69) is 33.1 Å². The minimum absolute atomic E-state index is 0.420. The minimum Gasteiger partial charge on any atom is -0.437 e. The summed E-state index contributed by atoms with van der Waals surface area (Å²) < 4.78 is 5.58. The van der Waals surface area contributed by atoms with Crippen LogP contribution in [-0.4, -0.2) is 19.9 Å². The van der Waals surface area contributed by atoms with Crippen LogP contribution in [0, 0.1) is 6.92 Å². The van der Waals surface area contributed by atoms with Crippen molar-refractivity contribution in [3.05, 3.63) is 49.3 Å². The molecule has 0 bridgehead atoms. The Morgan fingerprint density at radius 2 is 2.24 bits per heavy atom. The molecule has 0 aliphatic rings. The number of fused-ring (bicyclic) bond motifs is 1. The molecular weight excluding hydrogens is 216 g/mol. The lowest BCUT2D eigenvalue weighted by atomic mass is 10.4. The Hall–Kier alpha value is -2.43. The summed E-state index contributed by atoms with van der Waals surface area (Å²) in [5.74, 6) is 1.74. The fourth-order valence-electron chi connectivity index (χ4n) is 1.37. The van der Waals surface area contributed by atoms with Crippen molar-refractivity contribution in [3.8, 4) is 5.88 Å². The number of nitrogens with one attached hydrogen (secondary N) is 1. The monoisotopic (exact) mass is 228 g/mol. The van der Waals surface area contributed by atoms with E-state index >= 15 is 0 Å². The first-order valence-electron chi connectivity index (χ1n) is 5.05. The predicted molar refractivity (Wildman–Crippen MR) is 65.5 cm³/mol. The van der Waals surface area contributed by atoms with Crippen LogP contribution >= 0.6 is 0 Å². The number of rotatable bonds is 4. The van der Waals surface area contributed by atoms with Crippen LogP contribution in [0.1, 0.15) is 5.82 Å². The number of imidazole rings is 1. The molecule has 1 N–H and O–H groups in total. The predicted octanol–water partition coefficient (Wildman–Crippen LogP) is 2.30. The number of hydrogen-bond donors (Lipinski definition) is 1. The number of nitrogens with zero attached hydrogens (tertiary/aromatic N) is 3. The molecule has 5 heteroatoms. The lowest BCUT2D eigenvalue weighted by Gasteiger charge is -2.04. The van der Waals surface area contributed by atoms with Gasteiger partial charge in [-0.1, -0.05) is 19.2 Å². The van der Waals surface area contributed by atoms with Gasteiger partial charge in [-0.25, -0.2) is 9.97 Å². The van der Waals surface area contributed by atoms with Gasteiger partial charge in [-0.2, -0.15) is 4.98 Å². The van der Waals surface area contributed by atoms with Crippen LogP contribution in [0.4, 0.5) is 0 Å². The number of H-pyrrole nitrogens is 1. The van der Waals surface area contributed by atoms with Crippen LogP contribution in [0.15, 0.2) is 43.5 Å². The van der Waals surface area contributed by atoms with E-state index in [9.17, 15) is 0 Å². The highest BCUT2D eigenvalue weighted by Gasteiger charge is 2.09. The summed E-state index contributed by atoms with van der Waals surface area (Å²) in [6.45, 7) is 9.10. The van der Waals surface area contributed by atoms with Gasteiger partial charge < -0.3 is 9.72 Å². The van der Waals surface area contributed by atoms with Gasteiger partial charge in [0, 0.05) is 0 Å². The van der Waals surface area contributed by atoms with Crippen LogP contribution in [-0.2, 0) is 0 Å². The molecule has 0 radical (unpaired) electrons. The largest absolute Gasteiger partial charge is 0.437 e. The normalized spacial score (nSPS) is 11.5. The average molecular weight is 228 g/mol. The van der Waals surface area contributed by atoms with Crippen molar-refractivity contribution in [1.82, 2.24) is 19.9 Å². The van der Waals surface area contributed by atoms with E-state index in [0.29, 0.717) is 22.8 Å². The summed E-state index contributed by atoms with van der Waals surface area (Å²) in [4.78, 5) is 15.4. The van der Waals surface area contributed by atoms with Crippen molar-refractivity contribution >= 4 is 11.2 Å². The molecule has 0 spiro atoms. The van der Waals surface area contributed by atoms with Crippen molar-refractivity contribution in [2.24, 2.45) is 0 Å². The van der Waals surface area contributed by atoms with E-state index in [4.69, 9.17) is 4.74 Å². The maximum atomic E-state index is 5.58. The molecule has 2 aromatic heterocycles. The van der Waals surface area contributed by atoms with E-state index in [1.807, 2.05) is 6.92 Å². The van der Waals surface area contributed by atoms with Crippen molar-refractivity contribution in [1.29, 1.82) is 0 Å². The first kappa shape index (κ1) is 11.1. The highest BCUT2D eigenvalue weighted by molar-refractivity contribution is 5.75. The van der Waals surface area contributed by atoms with E-state index in [1.165, 1.54) is 6.33 Å². The second kappa shape index (κ2) is 4.61. The number of aryl methyl sites for hydroxylation is 1. The zero-order valence-electron chi connectivity index (χ0n) is 9.47. The second-order valence-electron chi connectivity index (χ2n) is 3.31. The molecule has 0 aliphatic carbocycles. The highest BCUT2D eigenvalue weighted by atomic mass is 16.5. The zero-order chi connectivity index (χ0) is 12.3. The van der Waals surface area contributed by atoms with Crippen molar-refractivity contribution in [2.75, 3.05) is 0 Å². The van der Waals surface area contributed by atoms with Crippen LogP contribution in [0.25, 0.3) is 11.2 Å². The molecule has 2 rings (SSSR count). The lowest BCUT2D eigenvalue weighted by Crippen LogP contribution is -1.96. The third-order valence-corrected chi connectivity index (χ3v) is 2.07. The van der Waals surface area contributed by atoms with Gasteiger partial charge in [-0.3, -0.25) is 0 Å². The van der Waals surface area contributed by atoms with Crippen LogP contribution < -0.4 is 4.74 Å². The summed E-state index contributed by atoms with van der Waals surface area (Å²) >= 11 is 0.